The van der Waals surface area contributed by atoms with Gasteiger partial charge in [-0.25, -0.2) is 14.2 Å². The second-order valence-corrected chi connectivity index (χ2v) is 12.5. The molecule has 0 radical (unpaired) electrons. The summed E-state index contributed by atoms with van der Waals surface area (Å²) in [6, 6.07) is 23.2. The lowest BCUT2D eigenvalue weighted by molar-refractivity contribution is -0.116. The summed E-state index contributed by atoms with van der Waals surface area (Å²) in [4.78, 5) is 30.6. The van der Waals surface area contributed by atoms with Crippen LogP contribution in [-0.2, 0) is 11.4 Å². The fourth-order valence-corrected chi connectivity index (χ4v) is 6.66. The van der Waals surface area contributed by atoms with Crippen molar-refractivity contribution in [1.82, 2.24) is 9.55 Å². The molecule has 1 aromatic heterocycles. The van der Waals surface area contributed by atoms with Crippen LogP contribution in [0.2, 0.25) is 5.02 Å². The third-order valence-corrected chi connectivity index (χ3v) is 9.09. The molecule has 242 valence electrons. The number of aromatic nitrogens is 2. The van der Waals surface area contributed by atoms with Gasteiger partial charge in [-0.2, -0.15) is 0 Å². The predicted octanol–water partition coefficient (Wildman–Crippen LogP) is 9.71. The number of anilines is 1. The van der Waals surface area contributed by atoms with Crippen molar-refractivity contribution in [3.05, 3.63) is 101 Å². The number of hydrogen-bond donors (Lipinski definition) is 1. The van der Waals surface area contributed by atoms with E-state index >= 15 is 4.39 Å². The molecule has 5 aromatic rings. The van der Waals surface area contributed by atoms with E-state index in [-0.39, 0.29) is 24.1 Å². The van der Waals surface area contributed by atoms with Crippen LogP contribution in [0.4, 0.5) is 10.1 Å². The van der Waals surface area contributed by atoms with E-state index < -0.39 is 11.8 Å². The fraction of sp³-hybridized carbons (Fsp3) is 0.289. The van der Waals surface area contributed by atoms with Gasteiger partial charge in [0, 0.05) is 36.3 Å². The molecule has 0 unspecified atom stereocenters. The molecule has 0 spiro atoms. The van der Waals surface area contributed by atoms with E-state index in [1.165, 1.54) is 6.07 Å². The van der Waals surface area contributed by atoms with Gasteiger partial charge in [-0.3, -0.25) is 4.79 Å². The van der Waals surface area contributed by atoms with Crippen LogP contribution < -0.4 is 9.64 Å². The van der Waals surface area contributed by atoms with Crippen LogP contribution in [0.25, 0.3) is 33.5 Å². The van der Waals surface area contributed by atoms with Crippen LogP contribution in [-0.4, -0.2) is 33.1 Å². The summed E-state index contributed by atoms with van der Waals surface area (Å²) in [5, 5.41) is 10.2. The quantitative estimate of drug-likeness (QED) is 0.162. The van der Waals surface area contributed by atoms with Gasteiger partial charge in [-0.15, -0.1) is 0 Å². The first-order valence-corrected chi connectivity index (χ1v) is 16.5. The lowest BCUT2D eigenvalue weighted by atomic mass is 9.94. The molecule has 0 atom stereocenters. The molecule has 4 aromatic carbocycles. The maximum Gasteiger partial charge on any atom is 0.335 e. The van der Waals surface area contributed by atoms with Gasteiger partial charge in [-0.05, 0) is 90.6 Å². The summed E-state index contributed by atoms with van der Waals surface area (Å²) < 4.78 is 24.3. The van der Waals surface area contributed by atoms with Crippen LogP contribution in [0.1, 0.15) is 74.3 Å². The molecule has 47 heavy (non-hydrogen) atoms. The Kier molecular flexibility index (Phi) is 9.59. The number of halogens is 2. The van der Waals surface area contributed by atoms with Crippen molar-refractivity contribution in [2.24, 2.45) is 0 Å². The lowest BCUT2D eigenvalue weighted by Gasteiger charge is -2.26. The smallest absolute Gasteiger partial charge is 0.335 e. The zero-order valence-corrected chi connectivity index (χ0v) is 27.3. The maximum atomic E-state index is 16.0. The highest BCUT2D eigenvalue weighted by Crippen LogP contribution is 2.38. The average molecular weight is 654 g/mol. The molecule has 1 saturated carbocycles. The first-order valence-electron chi connectivity index (χ1n) is 16.1. The number of carboxylic acid groups (broad SMARTS) is 1. The summed E-state index contributed by atoms with van der Waals surface area (Å²) in [6.07, 6.45) is 6.04. The monoisotopic (exact) mass is 653 g/mol. The van der Waals surface area contributed by atoms with Crippen molar-refractivity contribution in [3.63, 3.8) is 0 Å². The molecule has 0 saturated heterocycles. The summed E-state index contributed by atoms with van der Waals surface area (Å²) >= 11 is 6.15. The largest absolute Gasteiger partial charge is 0.489 e. The minimum Gasteiger partial charge on any atom is -0.489 e. The minimum absolute atomic E-state index is 0.0472. The Balaban J connectivity index is 1.34. The normalized spacial score (nSPS) is 13.5. The topological polar surface area (TPSA) is 84.7 Å². The number of amides is 1. The second kappa shape index (κ2) is 14.0. The molecule has 1 fully saturated rings. The van der Waals surface area contributed by atoms with Gasteiger partial charge in [-0.1, -0.05) is 56.0 Å². The Labute approximate surface area is 278 Å². The van der Waals surface area contributed by atoms with Gasteiger partial charge in [0.05, 0.1) is 22.2 Å². The highest BCUT2D eigenvalue weighted by molar-refractivity contribution is 6.30. The highest BCUT2D eigenvalue weighted by atomic mass is 35.5. The fourth-order valence-electron chi connectivity index (χ4n) is 6.53. The number of carbonyl (C=O) groups excluding carboxylic acids is 1. The van der Waals surface area contributed by atoms with E-state index in [1.54, 1.807) is 42.2 Å². The van der Waals surface area contributed by atoms with Crippen molar-refractivity contribution in [2.75, 3.05) is 11.4 Å². The van der Waals surface area contributed by atoms with Crippen LogP contribution >= 0.6 is 11.6 Å². The van der Waals surface area contributed by atoms with Gasteiger partial charge in [0.2, 0.25) is 5.91 Å². The van der Waals surface area contributed by atoms with E-state index in [1.807, 2.05) is 49.4 Å². The van der Waals surface area contributed by atoms with E-state index in [9.17, 15) is 14.7 Å². The Bertz CT molecular complexity index is 1930. The zero-order valence-electron chi connectivity index (χ0n) is 26.5. The van der Waals surface area contributed by atoms with Gasteiger partial charge < -0.3 is 19.3 Å². The standard InChI is InChI=1S/C38H37ClFN3O4/c1-3-19-42(24(2)44)30-14-16-32(25-9-12-28(39)13-10-25)27(20-30)23-47-31-15-17-33(34(40)22-31)37-41-35-21-26(38(45)46)11-18-36(35)43(37)29-7-5-4-6-8-29/h9-18,20-22,29H,3-8,19,23H2,1-2H3,(H,45,46). The van der Waals surface area contributed by atoms with E-state index in [0.717, 1.165) is 66.4 Å². The molecule has 1 aliphatic carbocycles. The summed E-state index contributed by atoms with van der Waals surface area (Å²) in [5.41, 5.74) is 5.27. The summed E-state index contributed by atoms with van der Waals surface area (Å²) in [5.74, 6) is -0.724. The molecule has 9 heteroatoms. The molecule has 1 amide bonds. The SMILES string of the molecule is CCCN(C(C)=O)c1ccc(-c2ccc(Cl)cc2)c(COc2ccc(-c3nc4cc(C(=O)O)ccc4n3C3CCCCC3)c(F)c2)c1. The molecule has 1 heterocycles. The van der Waals surface area contributed by atoms with Crippen LogP contribution in [0, 0.1) is 5.82 Å². The van der Waals surface area contributed by atoms with E-state index in [0.29, 0.717) is 34.2 Å². The Morgan fingerprint density at radius 3 is 2.40 bits per heavy atom. The van der Waals surface area contributed by atoms with Crippen molar-refractivity contribution in [2.45, 2.75) is 65.0 Å². The first kappa shape index (κ1) is 32.3. The Morgan fingerprint density at radius 1 is 0.979 bits per heavy atom. The van der Waals surface area contributed by atoms with Crippen molar-refractivity contribution >= 4 is 40.2 Å². The van der Waals surface area contributed by atoms with E-state index in [4.69, 9.17) is 21.3 Å². The van der Waals surface area contributed by atoms with Crippen LogP contribution in [0.5, 0.6) is 5.75 Å². The zero-order chi connectivity index (χ0) is 33.1. The molecule has 6 rings (SSSR count). The second-order valence-electron chi connectivity index (χ2n) is 12.1. The summed E-state index contributed by atoms with van der Waals surface area (Å²) in [6.45, 7) is 4.31. The highest BCUT2D eigenvalue weighted by Gasteiger charge is 2.25. The number of nitrogens with zero attached hydrogens (tertiary/aromatic N) is 3. The number of ether oxygens (including phenoxy) is 1. The molecule has 0 aliphatic heterocycles. The molecule has 1 N–H and O–H groups in total. The number of aromatic carboxylic acids is 1. The number of benzene rings is 4. The van der Waals surface area contributed by atoms with Crippen LogP contribution in [0.15, 0.2) is 78.9 Å². The summed E-state index contributed by atoms with van der Waals surface area (Å²) in [7, 11) is 0. The number of carbonyl (C=O) groups is 2. The predicted molar refractivity (Wildman–Crippen MR) is 184 cm³/mol. The van der Waals surface area contributed by atoms with Crippen molar-refractivity contribution < 1.29 is 23.8 Å². The number of rotatable bonds is 10. The molecular formula is C38H37ClFN3O4. The van der Waals surface area contributed by atoms with Crippen molar-refractivity contribution in [1.29, 1.82) is 0 Å². The lowest BCUT2D eigenvalue weighted by Crippen LogP contribution is -2.29. The minimum atomic E-state index is -1.03. The molecule has 0 bridgehead atoms. The van der Waals surface area contributed by atoms with Gasteiger partial charge in [0.25, 0.3) is 0 Å². The van der Waals surface area contributed by atoms with Gasteiger partial charge in [0.1, 0.15) is 24.0 Å². The third-order valence-electron chi connectivity index (χ3n) is 8.84. The number of hydrogen-bond acceptors (Lipinski definition) is 4. The molecular weight excluding hydrogens is 617 g/mol. The van der Waals surface area contributed by atoms with Gasteiger partial charge >= 0.3 is 5.97 Å². The van der Waals surface area contributed by atoms with Crippen LogP contribution in [0.3, 0.4) is 0 Å². The third kappa shape index (κ3) is 6.88. The van der Waals surface area contributed by atoms with Gasteiger partial charge in [0.15, 0.2) is 0 Å². The van der Waals surface area contributed by atoms with Crippen molar-refractivity contribution in [3.8, 4) is 28.3 Å². The first-order chi connectivity index (χ1) is 22.7. The Hall–Kier alpha value is -4.69. The Morgan fingerprint density at radius 2 is 1.72 bits per heavy atom. The number of carboxylic acids is 1. The molecule has 1 aliphatic rings. The number of fused-ring (bicyclic) bond motifs is 1. The van der Waals surface area contributed by atoms with E-state index in [2.05, 4.69) is 4.57 Å². The maximum absolute atomic E-state index is 16.0. The molecule has 7 nitrogen and oxygen atoms in total. The number of imidazole rings is 1. The average Bonchev–Trinajstić information content (AvgIpc) is 3.45.